The normalized spacial score (nSPS) is 12.5. The van der Waals surface area contributed by atoms with Crippen LogP contribution in [0.2, 0.25) is 0 Å². The van der Waals surface area contributed by atoms with Crippen molar-refractivity contribution in [1.29, 1.82) is 0 Å². The molecule has 0 saturated heterocycles. The van der Waals surface area contributed by atoms with Gasteiger partial charge in [0.2, 0.25) is 0 Å². The van der Waals surface area contributed by atoms with Gasteiger partial charge in [0, 0.05) is 12.8 Å². The summed E-state index contributed by atoms with van der Waals surface area (Å²) in [5, 5.41) is 11.9. The Morgan fingerprint density at radius 1 is 0.283 bits per heavy atom. The molecular weight excluding hydrogens is 1140 g/mol. The minimum atomic E-state index is -1.62. The number of carboxylic acids is 1. The fourth-order valence-electron chi connectivity index (χ4n) is 13.3. The highest BCUT2D eigenvalue weighted by molar-refractivity contribution is 5.70. The number of carbonyl (C=O) groups is 3. The Morgan fingerprint density at radius 2 is 0.489 bits per heavy atom. The Hall–Kier alpha value is -1.71. The van der Waals surface area contributed by atoms with Crippen LogP contribution in [0.5, 0.6) is 0 Å². The predicted octanol–water partition coefficient (Wildman–Crippen LogP) is 25.2. The molecule has 0 fully saturated rings. The fourth-order valence-corrected chi connectivity index (χ4v) is 13.3. The van der Waals surface area contributed by atoms with E-state index in [1.54, 1.807) is 0 Å². The molecule has 2 atom stereocenters. The van der Waals surface area contributed by atoms with Crippen molar-refractivity contribution in [3.63, 3.8) is 0 Å². The highest BCUT2D eigenvalue weighted by Gasteiger charge is 2.22. The largest absolute Gasteiger partial charge is 0.545 e. The van der Waals surface area contributed by atoms with Crippen molar-refractivity contribution in [2.75, 3.05) is 47.5 Å². The van der Waals surface area contributed by atoms with E-state index in [0.717, 1.165) is 38.5 Å². The third-order valence-corrected chi connectivity index (χ3v) is 19.6. The first-order valence-corrected chi connectivity index (χ1v) is 41.7. The van der Waals surface area contributed by atoms with Crippen molar-refractivity contribution in [2.45, 2.75) is 469 Å². The van der Waals surface area contributed by atoms with E-state index >= 15 is 0 Å². The molecule has 0 saturated carbocycles. The zero-order valence-electron chi connectivity index (χ0n) is 63.0. The number of aliphatic carboxylic acids is 1. The number of carboxylic acid groups (broad SMARTS) is 1. The molecule has 0 aliphatic rings. The number of carbonyl (C=O) groups excluding carboxylic acids is 3. The summed E-state index contributed by atoms with van der Waals surface area (Å²) in [4.78, 5) is 37.6. The van der Waals surface area contributed by atoms with E-state index in [1.807, 2.05) is 21.1 Å². The molecule has 0 spiro atoms. The quantitative estimate of drug-likeness (QED) is 0.0256. The molecule has 0 radical (unpaired) electrons. The van der Waals surface area contributed by atoms with Crippen LogP contribution in [0.1, 0.15) is 457 Å². The van der Waals surface area contributed by atoms with Crippen molar-refractivity contribution in [2.24, 2.45) is 0 Å². The van der Waals surface area contributed by atoms with Crippen molar-refractivity contribution in [3.8, 4) is 0 Å². The van der Waals surface area contributed by atoms with Gasteiger partial charge in [-0.3, -0.25) is 9.59 Å². The summed E-state index contributed by atoms with van der Waals surface area (Å²) >= 11 is 0. The third-order valence-electron chi connectivity index (χ3n) is 19.6. The summed E-state index contributed by atoms with van der Waals surface area (Å²) in [6.45, 7) is 4.86. The van der Waals surface area contributed by atoms with E-state index in [-0.39, 0.29) is 32.2 Å². The number of esters is 2. The van der Waals surface area contributed by atoms with E-state index in [4.69, 9.17) is 18.9 Å². The van der Waals surface area contributed by atoms with Crippen LogP contribution in [0.15, 0.2) is 0 Å². The van der Waals surface area contributed by atoms with Crippen LogP contribution in [0, 0.1) is 0 Å². The van der Waals surface area contributed by atoms with E-state index in [0.29, 0.717) is 17.4 Å². The molecule has 0 aromatic carbocycles. The lowest BCUT2D eigenvalue weighted by Crippen LogP contribution is -2.44. The fraction of sp³-hybridized carbons (Fsp3) is 0.964. The first-order chi connectivity index (χ1) is 45.1. The van der Waals surface area contributed by atoms with Crippen molar-refractivity contribution >= 4 is 17.9 Å². The van der Waals surface area contributed by atoms with Gasteiger partial charge in [-0.05, 0) is 12.8 Å². The first kappa shape index (κ1) is 90.3. The number of ether oxygens (including phenoxy) is 4. The summed E-state index contributed by atoms with van der Waals surface area (Å²) in [5.41, 5.74) is 0. The maximum atomic E-state index is 13.0. The zero-order chi connectivity index (χ0) is 66.8. The van der Waals surface area contributed by atoms with E-state index in [9.17, 15) is 19.5 Å². The van der Waals surface area contributed by atoms with Crippen LogP contribution >= 0.6 is 0 Å². The molecule has 0 N–H and O–H groups in total. The molecule has 0 aliphatic heterocycles. The standard InChI is InChI=1S/C83H163NO8/c1-6-8-10-12-14-16-18-20-22-24-26-28-30-32-34-35-36-37-38-39-40-41-42-43-44-45-46-48-50-52-54-56-58-60-62-64-66-68-70-72-74-81(86)92-79(78-91-83(82(87)88)89-76-75-84(3,4)5)77-90-80(85)73-71-69-67-65-63-61-59-57-55-53-51-49-47-33-31-29-27-25-23-21-19-17-15-13-11-9-7-2/h79,83H,6-78H2,1-5H3. The van der Waals surface area contributed by atoms with E-state index in [2.05, 4.69) is 13.8 Å². The van der Waals surface area contributed by atoms with E-state index < -0.39 is 24.3 Å². The highest BCUT2D eigenvalue weighted by atomic mass is 16.7. The van der Waals surface area contributed by atoms with Crippen molar-refractivity contribution in [1.82, 2.24) is 0 Å². The van der Waals surface area contributed by atoms with Gasteiger partial charge in [0.15, 0.2) is 12.4 Å². The number of unbranched alkanes of at least 4 members (excludes halogenated alkanes) is 65. The number of likely N-dealkylation sites (N-methyl/N-ethyl adjacent to an activating group) is 1. The second kappa shape index (κ2) is 75.1. The summed E-state index contributed by atoms with van der Waals surface area (Å²) in [6.07, 6.45) is 89.7. The topological polar surface area (TPSA) is 111 Å². The number of quaternary nitrogens is 1. The second-order valence-electron chi connectivity index (χ2n) is 30.1. The Bertz CT molecular complexity index is 1470. The van der Waals surface area contributed by atoms with Gasteiger partial charge >= 0.3 is 11.9 Å². The summed E-state index contributed by atoms with van der Waals surface area (Å²) < 4.78 is 22.9. The van der Waals surface area contributed by atoms with Gasteiger partial charge in [0.05, 0.1) is 40.3 Å². The summed E-state index contributed by atoms with van der Waals surface area (Å²) in [7, 11) is 5.96. The van der Waals surface area contributed by atoms with Crippen molar-refractivity contribution < 1.29 is 42.9 Å². The molecule has 0 rings (SSSR count). The third kappa shape index (κ3) is 75.7. The average Bonchev–Trinajstić information content (AvgIpc) is 3.53. The van der Waals surface area contributed by atoms with Crippen LogP contribution in [-0.4, -0.2) is 82.3 Å². The number of hydrogen-bond acceptors (Lipinski definition) is 8. The van der Waals surface area contributed by atoms with Gasteiger partial charge < -0.3 is 33.3 Å². The lowest BCUT2D eigenvalue weighted by Gasteiger charge is -2.26. The Balaban J connectivity index is 3.90. The molecule has 548 valence electrons. The van der Waals surface area contributed by atoms with Gasteiger partial charge in [-0.25, -0.2) is 0 Å². The minimum absolute atomic E-state index is 0.154. The van der Waals surface area contributed by atoms with Gasteiger partial charge in [-0.15, -0.1) is 0 Å². The molecule has 0 heterocycles. The van der Waals surface area contributed by atoms with Crippen LogP contribution in [-0.2, 0) is 33.3 Å². The summed E-state index contributed by atoms with van der Waals surface area (Å²) in [5.74, 6) is -2.24. The summed E-state index contributed by atoms with van der Waals surface area (Å²) in [6, 6.07) is 0. The van der Waals surface area contributed by atoms with Gasteiger partial charge in [-0.2, -0.15) is 0 Å². The highest BCUT2D eigenvalue weighted by Crippen LogP contribution is 2.21. The average molecular weight is 1300 g/mol. The van der Waals surface area contributed by atoms with Crippen molar-refractivity contribution in [3.05, 3.63) is 0 Å². The smallest absolute Gasteiger partial charge is 0.306 e. The zero-order valence-corrected chi connectivity index (χ0v) is 63.0. The van der Waals surface area contributed by atoms with Gasteiger partial charge in [-0.1, -0.05) is 431 Å². The first-order valence-electron chi connectivity index (χ1n) is 41.7. The lowest BCUT2D eigenvalue weighted by molar-refractivity contribution is -0.870. The Kier molecular flexibility index (Phi) is 73.7. The molecule has 9 nitrogen and oxygen atoms in total. The Labute approximate surface area is 574 Å². The minimum Gasteiger partial charge on any atom is -0.545 e. The van der Waals surface area contributed by atoms with Crippen LogP contribution in [0.4, 0.5) is 0 Å². The molecule has 0 amide bonds. The molecule has 9 heteroatoms. The number of rotatable bonds is 80. The molecule has 0 bridgehead atoms. The molecular formula is C83H163NO8. The van der Waals surface area contributed by atoms with E-state index in [1.165, 1.54) is 392 Å². The molecule has 92 heavy (non-hydrogen) atoms. The second-order valence-corrected chi connectivity index (χ2v) is 30.1. The maximum absolute atomic E-state index is 13.0. The van der Waals surface area contributed by atoms with Gasteiger partial charge in [0.25, 0.3) is 0 Å². The Morgan fingerprint density at radius 3 is 0.696 bits per heavy atom. The van der Waals surface area contributed by atoms with Gasteiger partial charge in [0.1, 0.15) is 13.2 Å². The van der Waals surface area contributed by atoms with Crippen LogP contribution in [0.3, 0.4) is 0 Å². The number of hydrogen-bond donors (Lipinski definition) is 0. The predicted molar refractivity (Wildman–Crippen MR) is 394 cm³/mol. The molecule has 0 aliphatic carbocycles. The lowest BCUT2D eigenvalue weighted by atomic mass is 10.0. The molecule has 0 aromatic rings. The molecule has 0 aromatic heterocycles. The SMILES string of the molecule is CCCCCCCCCCCCCCCCCCCCCCCCCCCCCCCCCCCCCCCCCCC(=O)OC(COC(=O)CCCCCCCCCCCCCCCCCCCCCCCCCCCCC)COC(OCC[N+](C)(C)C)C(=O)[O-]. The van der Waals surface area contributed by atoms with Crippen LogP contribution < -0.4 is 5.11 Å². The van der Waals surface area contributed by atoms with Crippen LogP contribution in [0.25, 0.3) is 0 Å². The molecule has 2 unspecified atom stereocenters. The monoisotopic (exact) mass is 1300 g/mol. The maximum Gasteiger partial charge on any atom is 0.306 e. The number of nitrogens with zero attached hydrogens (tertiary/aromatic N) is 1.